The van der Waals surface area contributed by atoms with Crippen LogP contribution in [-0.4, -0.2) is 14.5 Å². The van der Waals surface area contributed by atoms with Crippen LogP contribution in [-0.2, 0) is 10.0 Å². The van der Waals surface area contributed by atoms with Crippen molar-refractivity contribution >= 4 is 10.0 Å². The highest BCUT2D eigenvalue weighted by Gasteiger charge is 2.17. The molecule has 0 bridgehead atoms. The predicted molar refractivity (Wildman–Crippen MR) is 67.6 cm³/mol. The minimum atomic E-state index is -3.73. The fourth-order valence-corrected chi connectivity index (χ4v) is 2.40. The molecule has 0 saturated carbocycles. The molecule has 6 heteroatoms. The molecule has 98 valence electrons. The number of hydrogen-bond donors (Lipinski definition) is 1. The molecular formula is C12H16N2O3S. The minimum absolute atomic E-state index is 0.0809. The van der Waals surface area contributed by atoms with Crippen LogP contribution in [0.4, 0.5) is 0 Å². The van der Waals surface area contributed by atoms with Gasteiger partial charge in [0.1, 0.15) is 11.8 Å². The van der Waals surface area contributed by atoms with E-state index >= 15 is 0 Å². The number of sulfonamides is 1. The van der Waals surface area contributed by atoms with Crippen molar-refractivity contribution in [2.24, 2.45) is 5.14 Å². The zero-order chi connectivity index (χ0) is 13.9. The van der Waals surface area contributed by atoms with Crippen LogP contribution in [0, 0.1) is 25.2 Å². The second-order valence-electron chi connectivity index (χ2n) is 4.00. The van der Waals surface area contributed by atoms with Crippen molar-refractivity contribution in [3.63, 3.8) is 0 Å². The highest BCUT2D eigenvalue weighted by molar-refractivity contribution is 7.89. The third-order valence-electron chi connectivity index (χ3n) is 2.78. The van der Waals surface area contributed by atoms with Gasteiger partial charge in [0, 0.05) is 0 Å². The zero-order valence-corrected chi connectivity index (χ0v) is 11.4. The monoisotopic (exact) mass is 268 g/mol. The van der Waals surface area contributed by atoms with Crippen molar-refractivity contribution in [1.29, 1.82) is 5.26 Å². The molecule has 1 aromatic rings. The first kappa shape index (κ1) is 14.5. The Labute approximate surface area is 107 Å². The van der Waals surface area contributed by atoms with Crippen molar-refractivity contribution in [3.05, 3.63) is 23.3 Å². The zero-order valence-electron chi connectivity index (χ0n) is 10.6. The van der Waals surface area contributed by atoms with E-state index in [1.807, 2.05) is 13.0 Å². The van der Waals surface area contributed by atoms with Crippen LogP contribution in [0.2, 0.25) is 0 Å². The summed E-state index contributed by atoms with van der Waals surface area (Å²) in [4.78, 5) is 0.0809. The van der Waals surface area contributed by atoms with Crippen molar-refractivity contribution < 1.29 is 13.2 Å². The number of primary sulfonamides is 1. The van der Waals surface area contributed by atoms with E-state index in [4.69, 9.17) is 15.1 Å². The van der Waals surface area contributed by atoms with Crippen LogP contribution in [0.5, 0.6) is 5.75 Å². The molecule has 0 aliphatic heterocycles. The van der Waals surface area contributed by atoms with E-state index in [1.165, 1.54) is 12.1 Å². The minimum Gasteiger partial charge on any atom is -0.475 e. The highest BCUT2D eigenvalue weighted by Crippen LogP contribution is 2.27. The topological polar surface area (TPSA) is 93.2 Å². The van der Waals surface area contributed by atoms with Gasteiger partial charge in [0.05, 0.1) is 4.90 Å². The average Bonchev–Trinajstić information content (AvgIpc) is 2.29. The standard InChI is InChI=1S/C12H16N2O3S/c1-4-10(7-13)17-11-5-6-12(18(14,15)16)9(3)8(11)2/h5-6,10H,4H2,1-3H3,(H2,14,15,16). The summed E-state index contributed by atoms with van der Waals surface area (Å²) in [5.41, 5.74) is 1.22. The molecule has 0 aliphatic carbocycles. The Morgan fingerprint density at radius 3 is 2.44 bits per heavy atom. The Morgan fingerprint density at radius 2 is 2.00 bits per heavy atom. The summed E-state index contributed by atoms with van der Waals surface area (Å²) in [7, 11) is -3.73. The summed E-state index contributed by atoms with van der Waals surface area (Å²) in [5.74, 6) is 0.508. The Kier molecular flexibility index (Phi) is 4.33. The summed E-state index contributed by atoms with van der Waals surface area (Å²) >= 11 is 0. The third-order valence-corrected chi connectivity index (χ3v) is 3.83. The van der Waals surface area contributed by atoms with E-state index in [-0.39, 0.29) is 4.90 Å². The maximum absolute atomic E-state index is 11.3. The van der Waals surface area contributed by atoms with Crippen LogP contribution < -0.4 is 9.88 Å². The summed E-state index contributed by atoms with van der Waals surface area (Å²) in [6.45, 7) is 5.24. The van der Waals surface area contributed by atoms with Gasteiger partial charge in [-0.05, 0) is 43.5 Å². The Bertz CT molecular complexity index is 588. The number of benzene rings is 1. The number of ether oxygens (including phenoxy) is 1. The van der Waals surface area contributed by atoms with Crippen molar-refractivity contribution in [2.75, 3.05) is 0 Å². The smallest absolute Gasteiger partial charge is 0.238 e. The molecule has 0 fully saturated rings. The van der Waals surface area contributed by atoms with Crippen molar-refractivity contribution in [1.82, 2.24) is 0 Å². The number of hydrogen-bond acceptors (Lipinski definition) is 4. The first-order chi connectivity index (χ1) is 8.31. The molecule has 0 aliphatic rings. The molecule has 0 amide bonds. The molecule has 1 unspecified atom stereocenters. The lowest BCUT2D eigenvalue weighted by Gasteiger charge is -2.15. The number of nitrogens with zero attached hydrogens (tertiary/aromatic N) is 1. The fraction of sp³-hybridized carbons (Fsp3) is 0.417. The lowest BCUT2D eigenvalue weighted by atomic mass is 10.1. The molecule has 1 atom stereocenters. The van der Waals surface area contributed by atoms with Gasteiger partial charge in [-0.25, -0.2) is 13.6 Å². The fourth-order valence-electron chi connectivity index (χ4n) is 1.56. The second-order valence-corrected chi connectivity index (χ2v) is 5.53. The summed E-state index contributed by atoms with van der Waals surface area (Å²) in [5, 5.41) is 13.9. The van der Waals surface area contributed by atoms with E-state index in [0.717, 1.165) is 0 Å². The molecule has 0 aromatic heterocycles. The third kappa shape index (κ3) is 3.00. The van der Waals surface area contributed by atoms with Gasteiger partial charge in [0.25, 0.3) is 0 Å². The van der Waals surface area contributed by atoms with Gasteiger partial charge >= 0.3 is 0 Å². The normalized spacial score (nSPS) is 12.8. The number of nitrogens with two attached hydrogens (primary N) is 1. The van der Waals surface area contributed by atoms with E-state index in [2.05, 4.69) is 0 Å². The van der Waals surface area contributed by atoms with Crippen molar-refractivity contribution in [2.45, 2.75) is 38.2 Å². The van der Waals surface area contributed by atoms with E-state index in [0.29, 0.717) is 23.3 Å². The first-order valence-electron chi connectivity index (χ1n) is 5.50. The van der Waals surface area contributed by atoms with Gasteiger partial charge in [-0.3, -0.25) is 0 Å². The summed E-state index contributed by atoms with van der Waals surface area (Å²) < 4.78 is 28.2. The Balaban J connectivity index is 3.22. The number of nitriles is 1. The number of rotatable bonds is 4. The Hall–Kier alpha value is -1.58. The van der Waals surface area contributed by atoms with Gasteiger partial charge in [0.2, 0.25) is 10.0 Å². The first-order valence-corrected chi connectivity index (χ1v) is 7.05. The predicted octanol–water partition coefficient (Wildman–Crippen LogP) is 1.63. The quantitative estimate of drug-likeness (QED) is 0.898. The van der Waals surface area contributed by atoms with Crippen molar-refractivity contribution in [3.8, 4) is 11.8 Å². The van der Waals surface area contributed by atoms with Crippen LogP contribution in [0.25, 0.3) is 0 Å². The maximum atomic E-state index is 11.3. The van der Waals surface area contributed by atoms with Crippen LogP contribution in [0.15, 0.2) is 17.0 Å². The van der Waals surface area contributed by atoms with Crippen LogP contribution >= 0.6 is 0 Å². The summed E-state index contributed by atoms with van der Waals surface area (Å²) in [6, 6.07) is 4.96. The lowest BCUT2D eigenvalue weighted by Crippen LogP contribution is -2.16. The van der Waals surface area contributed by atoms with E-state index in [9.17, 15) is 8.42 Å². The van der Waals surface area contributed by atoms with E-state index in [1.54, 1.807) is 13.8 Å². The van der Waals surface area contributed by atoms with Gasteiger partial charge in [0.15, 0.2) is 6.10 Å². The molecule has 5 nitrogen and oxygen atoms in total. The van der Waals surface area contributed by atoms with Gasteiger partial charge in [-0.2, -0.15) is 5.26 Å². The van der Waals surface area contributed by atoms with Gasteiger partial charge in [-0.1, -0.05) is 6.92 Å². The SMILES string of the molecule is CCC(C#N)Oc1ccc(S(N)(=O)=O)c(C)c1C. The Morgan fingerprint density at radius 1 is 1.39 bits per heavy atom. The molecular weight excluding hydrogens is 252 g/mol. The van der Waals surface area contributed by atoms with Crippen LogP contribution in [0.1, 0.15) is 24.5 Å². The lowest BCUT2D eigenvalue weighted by molar-refractivity contribution is 0.250. The molecule has 18 heavy (non-hydrogen) atoms. The van der Waals surface area contributed by atoms with Gasteiger partial charge in [-0.15, -0.1) is 0 Å². The van der Waals surface area contributed by atoms with Gasteiger partial charge < -0.3 is 4.74 Å². The molecule has 0 saturated heterocycles. The maximum Gasteiger partial charge on any atom is 0.238 e. The molecule has 0 radical (unpaired) electrons. The average molecular weight is 268 g/mol. The largest absolute Gasteiger partial charge is 0.475 e. The molecule has 0 heterocycles. The molecule has 0 spiro atoms. The second kappa shape index (κ2) is 5.38. The van der Waals surface area contributed by atoms with Crippen LogP contribution in [0.3, 0.4) is 0 Å². The molecule has 2 N–H and O–H groups in total. The molecule has 1 rings (SSSR count). The highest BCUT2D eigenvalue weighted by atomic mass is 32.2. The summed E-state index contributed by atoms with van der Waals surface area (Å²) in [6.07, 6.45) is 0.0229. The molecule has 1 aromatic carbocycles. The van der Waals surface area contributed by atoms with E-state index < -0.39 is 16.1 Å².